The minimum Gasteiger partial charge on any atom is -0.486 e. The van der Waals surface area contributed by atoms with Gasteiger partial charge in [-0.2, -0.15) is 0 Å². The van der Waals surface area contributed by atoms with Crippen molar-refractivity contribution >= 4 is 28.8 Å². The molecule has 4 nitrogen and oxygen atoms in total. The summed E-state index contributed by atoms with van der Waals surface area (Å²) >= 11 is 7.27. The van der Waals surface area contributed by atoms with Gasteiger partial charge in [-0.1, -0.05) is 17.7 Å². The number of rotatable bonds is 5. The average molecular weight is 311 g/mol. The Kier molecular flexibility index (Phi) is 4.98. The van der Waals surface area contributed by atoms with Crippen LogP contribution >= 0.6 is 22.9 Å². The third kappa shape index (κ3) is 4.21. The van der Waals surface area contributed by atoms with Crippen LogP contribution in [0.15, 0.2) is 29.6 Å². The van der Waals surface area contributed by atoms with Crippen LogP contribution in [0.1, 0.15) is 29.3 Å². The topological polar surface area (TPSA) is 51.2 Å². The van der Waals surface area contributed by atoms with E-state index in [1.807, 2.05) is 26.0 Å². The van der Waals surface area contributed by atoms with Gasteiger partial charge in [0.1, 0.15) is 23.1 Å². The van der Waals surface area contributed by atoms with Crippen molar-refractivity contribution in [3.05, 3.63) is 45.4 Å². The van der Waals surface area contributed by atoms with Crippen LogP contribution in [0.25, 0.3) is 0 Å². The molecule has 1 aromatic heterocycles. The van der Waals surface area contributed by atoms with Crippen molar-refractivity contribution in [2.45, 2.75) is 26.5 Å². The summed E-state index contributed by atoms with van der Waals surface area (Å²) in [6, 6.07) is 7.26. The van der Waals surface area contributed by atoms with E-state index >= 15 is 0 Å². The highest BCUT2D eigenvalue weighted by molar-refractivity contribution is 7.09. The van der Waals surface area contributed by atoms with Crippen molar-refractivity contribution in [3.8, 4) is 5.75 Å². The maximum atomic E-state index is 11.8. The predicted molar refractivity (Wildman–Crippen MR) is 80.5 cm³/mol. The monoisotopic (exact) mass is 310 g/mol. The highest BCUT2D eigenvalue weighted by atomic mass is 35.5. The third-order valence-corrected chi connectivity index (χ3v) is 3.42. The van der Waals surface area contributed by atoms with Gasteiger partial charge < -0.3 is 10.1 Å². The molecule has 106 valence electrons. The lowest BCUT2D eigenvalue weighted by molar-refractivity contribution is 0.0938. The fraction of sp³-hybridized carbons (Fsp3) is 0.286. The molecule has 0 unspecified atom stereocenters. The van der Waals surface area contributed by atoms with Crippen molar-refractivity contribution in [3.63, 3.8) is 0 Å². The number of halogens is 1. The molecule has 0 aliphatic carbocycles. The number of nitrogens with zero attached hydrogens (tertiary/aromatic N) is 1. The van der Waals surface area contributed by atoms with E-state index in [0.29, 0.717) is 23.1 Å². The van der Waals surface area contributed by atoms with E-state index in [0.717, 1.165) is 5.01 Å². The zero-order valence-electron chi connectivity index (χ0n) is 11.2. The predicted octanol–water partition coefficient (Wildman–Crippen LogP) is 3.51. The smallest absolute Gasteiger partial charge is 0.270 e. The molecule has 0 saturated heterocycles. The van der Waals surface area contributed by atoms with Crippen LogP contribution in [-0.2, 0) is 6.61 Å². The number of carbonyl (C=O) groups excluding carboxylic acids is 1. The number of thiazole rings is 1. The molecular weight excluding hydrogens is 296 g/mol. The number of benzene rings is 1. The second-order valence-electron chi connectivity index (χ2n) is 4.50. The quantitative estimate of drug-likeness (QED) is 0.919. The first-order valence-electron chi connectivity index (χ1n) is 6.18. The van der Waals surface area contributed by atoms with Gasteiger partial charge in [0.2, 0.25) is 0 Å². The molecule has 0 saturated carbocycles. The van der Waals surface area contributed by atoms with Gasteiger partial charge >= 0.3 is 0 Å². The molecule has 1 N–H and O–H groups in total. The molecule has 0 bridgehead atoms. The summed E-state index contributed by atoms with van der Waals surface area (Å²) < 4.78 is 5.58. The largest absolute Gasteiger partial charge is 0.486 e. The molecule has 6 heteroatoms. The second-order valence-corrected chi connectivity index (χ2v) is 5.88. The average Bonchev–Trinajstić information content (AvgIpc) is 2.84. The van der Waals surface area contributed by atoms with E-state index in [1.54, 1.807) is 17.5 Å². The van der Waals surface area contributed by atoms with E-state index < -0.39 is 0 Å². The number of hydrogen-bond donors (Lipinski definition) is 1. The van der Waals surface area contributed by atoms with Gasteiger partial charge in [-0.3, -0.25) is 4.79 Å². The van der Waals surface area contributed by atoms with Gasteiger partial charge in [-0.05, 0) is 32.0 Å². The summed E-state index contributed by atoms with van der Waals surface area (Å²) in [6.45, 7) is 4.14. The SMILES string of the molecule is CC(C)NC(=O)c1csc(COc2cccc(Cl)c2)n1. The molecule has 2 aromatic rings. The molecule has 0 spiro atoms. The third-order valence-electron chi connectivity index (χ3n) is 2.36. The summed E-state index contributed by atoms with van der Waals surface area (Å²) in [5.41, 5.74) is 0.424. The molecule has 0 aliphatic heterocycles. The first-order valence-corrected chi connectivity index (χ1v) is 7.44. The number of hydrogen-bond acceptors (Lipinski definition) is 4. The lowest BCUT2D eigenvalue weighted by Gasteiger charge is -2.05. The maximum Gasteiger partial charge on any atom is 0.270 e. The van der Waals surface area contributed by atoms with Crippen molar-refractivity contribution in [1.82, 2.24) is 10.3 Å². The second kappa shape index (κ2) is 6.72. The fourth-order valence-corrected chi connectivity index (χ4v) is 2.39. The number of aromatic nitrogens is 1. The molecule has 0 fully saturated rings. The number of nitrogens with one attached hydrogen (secondary N) is 1. The van der Waals surface area contributed by atoms with E-state index in [-0.39, 0.29) is 11.9 Å². The Morgan fingerprint density at radius 3 is 3.00 bits per heavy atom. The van der Waals surface area contributed by atoms with Gasteiger partial charge in [0.05, 0.1) is 0 Å². The molecule has 2 rings (SSSR count). The van der Waals surface area contributed by atoms with Crippen LogP contribution in [0.4, 0.5) is 0 Å². The van der Waals surface area contributed by atoms with Gasteiger partial charge in [0, 0.05) is 16.4 Å². The zero-order chi connectivity index (χ0) is 14.5. The summed E-state index contributed by atoms with van der Waals surface area (Å²) in [5, 5.41) is 5.90. The molecule has 1 heterocycles. The Hall–Kier alpha value is -1.59. The van der Waals surface area contributed by atoms with Crippen LogP contribution in [0, 0.1) is 0 Å². The molecule has 0 atom stereocenters. The number of ether oxygens (including phenoxy) is 1. The van der Waals surface area contributed by atoms with Gasteiger partial charge in [-0.15, -0.1) is 11.3 Å². The molecule has 0 radical (unpaired) electrons. The molecule has 1 aromatic carbocycles. The van der Waals surface area contributed by atoms with Gasteiger partial charge in [0.25, 0.3) is 5.91 Å². The lowest BCUT2D eigenvalue weighted by atomic mass is 10.3. The highest BCUT2D eigenvalue weighted by Gasteiger charge is 2.11. The first-order chi connectivity index (χ1) is 9.54. The van der Waals surface area contributed by atoms with Crippen molar-refractivity contribution in [1.29, 1.82) is 0 Å². The van der Waals surface area contributed by atoms with Crippen molar-refractivity contribution in [2.24, 2.45) is 0 Å². The van der Waals surface area contributed by atoms with Crippen LogP contribution in [-0.4, -0.2) is 16.9 Å². The van der Waals surface area contributed by atoms with E-state index in [9.17, 15) is 4.79 Å². The standard InChI is InChI=1S/C14H15ClN2O2S/c1-9(2)16-14(18)12-8-20-13(17-12)7-19-11-5-3-4-10(15)6-11/h3-6,8-9H,7H2,1-2H3,(H,16,18). The number of amides is 1. The molecule has 0 aliphatic rings. The summed E-state index contributed by atoms with van der Waals surface area (Å²) in [5.74, 6) is 0.520. The number of carbonyl (C=O) groups is 1. The van der Waals surface area contributed by atoms with Gasteiger partial charge in [0.15, 0.2) is 0 Å². The molecule has 1 amide bonds. The van der Waals surface area contributed by atoms with E-state index in [1.165, 1.54) is 11.3 Å². The lowest BCUT2D eigenvalue weighted by Crippen LogP contribution is -2.30. The Bertz CT molecular complexity index is 598. The Balaban J connectivity index is 1.94. The van der Waals surface area contributed by atoms with Gasteiger partial charge in [-0.25, -0.2) is 4.98 Å². The van der Waals surface area contributed by atoms with Crippen molar-refractivity contribution < 1.29 is 9.53 Å². The molecule has 20 heavy (non-hydrogen) atoms. The Morgan fingerprint density at radius 1 is 1.50 bits per heavy atom. The summed E-state index contributed by atoms with van der Waals surface area (Å²) in [4.78, 5) is 16.0. The van der Waals surface area contributed by atoms with Crippen LogP contribution < -0.4 is 10.1 Å². The molecular formula is C14H15ClN2O2S. The highest BCUT2D eigenvalue weighted by Crippen LogP contribution is 2.19. The summed E-state index contributed by atoms with van der Waals surface area (Å²) in [6.07, 6.45) is 0. The fourth-order valence-electron chi connectivity index (χ4n) is 1.52. The maximum absolute atomic E-state index is 11.8. The zero-order valence-corrected chi connectivity index (χ0v) is 12.8. The van der Waals surface area contributed by atoms with Crippen molar-refractivity contribution in [2.75, 3.05) is 0 Å². The first kappa shape index (κ1) is 14.8. The summed E-state index contributed by atoms with van der Waals surface area (Å²) in [7, 11) is 0. The van der Waals surface area contributed by atoms with E-state index in [2.05, 4.69) is 10.3 Å². The van der Waals surface area contributed by atoms with E-state index in [4.69, 9.17) is 16.3 Å². The van der Waals surface area contributed by atoms with Crippen LogP contribution in [0.5, 0.6) is 5.75 Å². The minimum atomic E-state index is -0.162. The minimum absolute atomic E-state index is 0.0929. The Morgan fingerprint density at radius 2 is 2.30 bits per heavy atom. The van der Waals surface area contributed by atoms with Crippen LogP contribution in [0.2, 0.25) is 5.02 Å². The van der Waals surface area contributed by atoms with Crippen LogP contribution in [0.3, 0.4) is 0 Å². The normalized spacial score (nSPS) is 10.6. The Labute approximate surface area is 126 Å².